The van der Waals surface area contributed by atoms with E-state index in [2.05, 4.69) is 15.9 Å². The maximum absolute atomic E-state index is 11.2. The molecule has 0 aliphatic carbocycles. The zero-order valence-electron chi connectivity index (χ0n) is 9.56. The van der Waals surface area contributed by atoms with E-state index in [4.69, 9.17) is 10.8 Å². The number of hydrogen-bond acceptors (Lipinski definition) is 2. The fourth-order valence-electron chi connectivity index (χ4n) is 1.75. The average molecular weight is 306 g/mol. The van der Waals surface area contributed by atoms with Gasteiger partial charge in [-0.25, -0.2) is 0 Å². The predicted octanol–water partition coefficient (Wildman–Crippen LogP) is 2.71. The van der Waals surface area contributed by atoms with Gasteiger partial charge < -0.3 is 10.8 Å². The third-order valence-electron chi connectivity index (χ3n) is 2.63. The zero-order chi connectivity index (χ0) is 13.1. The van der Waals surface area contributed by atoms with Crippen LogP contribution < -0.4 is 5.73 Å². The van der Waals surface area contributed by atoms with Crippen molar-refractivity contribution in [2.45, 2.75) is 6.61 Å². The fourth-order valence-corrected chi connectivity index (χ4v) is 2.24. The molecule has 0 spiro atoms. The van der Waals surface area contributed by atoms with E-state index in [0.29, 0.717) is 5.56 Å². The molecule has 0 aliphatic rings. The summed E-state index contributed by atoms with van der Waals surface area (Å²) in [5.41, 5.74) is 8.38. The number of carbonyl (C=O) groups excluding carboxylic acids is 1. The van der Waals surface area contributed by atoms with Gasteiger partial charge in [-0.1, -0.05) is 34.1 Å². The summed E-state index contributed by atoms with van der Waals surface area (Å²) in [7, 11) is 0. The minimum atomic E-state index is -0.462. The average Bonchev–Trinajstić information content (AvgIpc) is 2.38. The topological polar surface area (TPSA) is 63.3 Å². The standard InChI is InChI=1S/C14H12BrNO2/c15-13-6-11(5-12(7-13)14(16)18)10-3-1-2-9(4-10)8-17/h1-7,17H,8H2,(H2,16,18). The third-order valence-corrected chi connectivity index (χ3v) is 3.08. The maximum Gasteiger partial charge on any atom is 0.248 e. The molecule has 0 aromatic heterocycles. The lowest BCUT2D eigenvalue weighted by Crippen LogP contribution is -2.10. The largest absolute Gasteiger partial charge is 0.392 e. The van der Waals surface area contributed by atoms with Gasteiger partial charge in [0.05, 0.1) is 6.61 Å². The van der Waals surface area contributed by atoms with E-state index < -0.39 is 5.91 Å². The highest BCUT2D eigenvalue weighted by Crippen LogP contribution is 2.25. The molecule has 0 atom stereocenters. The zero-order valence-corrected chi connectivity index (χ0v) is 11.1. The number of nitrogens with two attached hydrogens (primary N) is 1. The molecule has 18 heavy (non-hydrogen) atoms. The van der Waals surface area contributed by atoms with Gasteiger partial charge in [-0.15, -0.1) is 0 Å². The quantitative estimate of drug-likeness (QED) is 0.916. The van der Waals surface area contributed by atoms with E-state index in [-0.39, 0.29) is 6.61 Å². The van der Waals surface area contributed by atoms with Crippen LogP contribution in [0.4, 0.5) is 0 Å². The van der Waals surface area contributed by atoms with Gasteiger partial charge >= 0.3 is 0 Å². The van der Waals surface area contributed by atoms with Crippen LogP contribution in [0.25, 0.3) is 11.1 Å². The number of aliphatic hydroxyl groups is 1. The van der Waals surface area contributed by atoms with Crippen molar-refractivity contribution in [1.82, 2.24) is 0 Å². The lowest BCUT2D eigenvalue weighted by Gasteiger charge is -2.06. The molecule has 0 saturated heterocycles. The number of amides is 1. The Kier molecular flexibility index (Phi) is 3.79. The summed E-state index contributed by atoms with van der Waals surface area (Å²) in [6.45, 7) is -0.00940. The summed E-state index contributed by atoms with van der Waals surface area (Å²) in [5, 5.41) is 9.12. The van der Waals surface area contributed by atoms with E-state index >= 15 is 0 Å². The summed E-state index contributed by atoms with van der Waals surface area (Å²) < 4.78 is 0.795. The first-order valence-electron chi connectivity index (χ1n) is 5.40. The van der Waals surface area contributed by atoms with Crippen molar-refractivity contribution in [2.75, 3.05) is 0 Å². The Morgan fingerprint density at radius 3 is 2.61 bits per heavy atom. The van der Waals surface area contributed by atoms with Crippen LogP contribution in [-0.2, 0) is 6.61 Å². The van der Waals surface area contributed by atoms with E-state index in [1.807, 2.05) is 30.3 Å². The van der Waals surface area contributed by atoms with Gasteiger partial charge in [0.15, 0.2) is 0 Å². The molecule has 0 saturated carbocycles. The van der Waals surface area contributed by atoms with Gasteiger partial charge in [0.2, 0.25) is 5.91 Å². The van der Waals surface area contributed by atoms with Crippen LogP contribution in [0.1, 0.15) is 15.9 Å². The molecule has 1 amide bonds. The maximum atomic E-state index is 11.2. The number of primary amides is 1. The second-order valence-electron chi connectivity index (χ2n) is 3.95. The van der Waals surface area contributed by atoms with E-state index in [1.54, 1.807) is 12.1 Å². The second-order valence-corrected chi connectivity index (χ2v) is 4.87. The molecule has 3 nitrogen and oxygen atoms in total. The number of hydrogen-bond donors (Lipinski definition) is 2. The summed E-state index contributed by atoms with van der Waals surface area (Å²) in [4.78, 5) is 11.2. The first kappa shape index (κ1) is 12.8. The van der Waals surface area contributed by atoms with Gasteiger partial charge in [-0.3, -0.25) is 4.79 Å². The van der Waals surface area contributed by atoms with Crippen LogP contribution in [-0.4, -0.2) is 11.0 Å². The van der Waals surface area contributed by atoms with Gasteiger partial charge in [-0.2, -0.15) is 0 Å². The van der Waals surface area contributed by atoms with Crippen molar-refractivity contribution in [3.05, 3.63) is 58.1 Å². The predicted molar refractivity (Wildman–Crippen MR) is 74.0 cm³/mol. The van der Waals surface area contributed by atoms with Gasteiger partial charge in [0, 0.05) is 10.0 Å². The molecule has 3 N–H and O–H groups in total. The highest BCUT2D eigenvalue weighted by Gasteiger charge is 2.06. The Hall–Kier alpha value is -1.65. The normalized spacial score (nSPS) is 10.3. The van der Waals surface area contributed by atoms with Crippen molar-refractivity contribution in [1.29, 1.82) is 0 Å². The Balaban J connectivity index is 2.52. The smallest absolute Gasteiger partial charge is 0.248 e. The molecule has 92 valence electrons. The van der Waals surface area contributed by atoms with E-state index in [1.165, 1.54) is 0 Å². The third kappa shape index (κ3) is 2.78. The van der Waals surface area contributed by atoms with Crippen LogP contribution >= 0.6 is 15.9 Å². The van der Waals surface area contributed by atoms with Crippen LogP contribution in [0.5, 0.6) is 0 Å². The van der Waals surface area contributed by atoms with Gasteiger partial charge in [0.25, 0.3) is 0 Å². The molecule has 2 aromatic rings. The van der Waals surface area contributed by atoms with E-state index in [9.17, 15) is 4.79 Å². The fraction of sp³-hybridized carbons (Fsp3) is 0.0714. The number of benzene rings is 2. The molecule has 0 bridgehead atoms. The number of halogens is 1. The molecule has 4 heteroatoms. The summed E-state index contributed by atoms with van der Waals surface area (Å²) in [6.07, 6.45) is 0. The van der Waals surface area contributed by atoms with E-state index in [0.717, 1.165) is 21.2 Å². The molecule has 2 rings (SSSR count). The first-order chi connectivity index (χ1) is 8.60. The lowest BCUT2D eigenvalue weighted by molar-refractivity contribution is 0.100. The molecular formula is C14H12BrNO2. The monoisotopic (exact) mass is 305 g/mol. The van der Waals surface area contributed by atoms with Crippen LogP contribution in [0, 0.1) is 0 Å². The van der Waals surface area contributed by atoms with Crippen molar-refractivity contribution < 1.29 is 9.90 Å². The Morgan fingerprint density at radius 1 is 1.17 bits per heavy atom. The van der Waals surface area contributed by atoms with Crippen molar-refractivity contribution in [3.8, 4) is 11.1 Å². The van der Waals surface area contributed by atoms with Crippen molar-refractivity contribution in [2.24, 2.45) is 5.73 Å². The van der Waals surface area contributed by atoms with Crippen LogP contribution in [0.2, 0.25) is 0 Å². The SMILES string of the molecule is NC(=O)c1cc(Br)cc(-c2cccc(CO)c2)c1. The van der Waals surface area contributed by atoms with Gasteiger partial charge in [0.1, 0.15) is 0 Å². The molecule has 2 aromatic carbocycles. The van der Waals surface area contributed by atoms with Crippen molar-refractivity contribution >= 4 is 21.8 Å². The first-order valence-corrected chi connectivity index (χ1v) is 6.20. The molecule has 0 unspecified atom stereocenters. The van der Waals surface area contributed by atoms with Gasteiger partial charge in [-0.05, 0) is 41.0 Å². The minimum Gasteiger partial charge on any atom is -0.392 e. The number of rotatable bonds is 3. The van der Waals surface area contributed by atoms with Crippen LogP contribution in [0.3, 0.4) is 0 Å². The number of aliphatic hydroxyl groups excluding tert-OH is 1. The second kappa shape index (κ2) is 5.33. The summed E-state index contributed by atoms with van der Waals surface area (Å²) in [6, 6.07) is 12.8. The molecule has 0 radical (unpaired) electrons. The highest BCUT2D eigenvalue weighted by atomic mass is 79.9. The Morgan fingerprint density at radius 2 is 1.94 bits per heavy atom. The lowest BCUT2D eigenvalue weighted by atomic mass is 10.0. The number of carbonyl (C=O) groups is 1. The Bertz CT molecular complexity index is 596. The van der Waals surface area contributed by atoms with Crippen LogP contribution in [0.15, 0.2) is 46.9 Å². The molecule has 0 heterocycles. The molecular weight excluding hydrogens is 294 g/mol. The highest BCUT2D eigenvalue weighted by molar-refractivity contribution is 9.10. The minimum absolute atomic E-state index is 0.00940. The summed E-state index contributed by atoms with van der Waals surface area (Å²) >= 11 is 3.36. The summed E-state index contributed by atoms with van der Waals surface area (Å²) in [5.74, 6) is -0.462. The molecule has 0 fully saturated rings. The Labute approximate surface area is 113 Å². The molecule has 0 aliphatic heterocycles. The van der Waals surface area contributed by atoms with Crippen molar-refractivity contribution in [3.63, 3.8) is 0 Å².